The molecule has 7 nitrogen and oxygen atoms in total. The average molecular weight is 318 g/mol. The fraction of sp³-hybridized carbons (Fsp3) is 1.00. The Balaban J connectivity index is 1.83. The van der Waals surface area contributed by atoms with Crippen LogP contribution in [0.5, 0.6) is 0 Å². The molecular formula is C10H19O7PS. The minimum absolute atomic E-state index is 0.172. The summed E-state index contributed by atoms with van der Waals surface area (Å²) >= 11 is 4.86. The van der Waals surface area contributed by atoms with E-state index in [2.05, 4.69) is 0 Å². The lowest BCUT2D eigenvalue weighted by Crippen LogP contribution is -2.29. The monoisotopic (exact) mass is 318 g/mol. The predicted molar refractivity (Wildman–Crippen MR) is 69.1 cm³/mol. The van der Waals surface area contributed by atoms with Gasteiger partial charge >= 0.3 is 6.72 Å². The maximum atomic E-state index is 9.99. The highest BCUT2D eigenvalue weighted by molar-refractivity contribution is 8.07. The first-order valence-electron chi connectivity index (χ1n) is 7.06. The van der Waals surface area contributed by atoms with Gasteiger partial charge in [-0.15, -0.1) is 0 Å². The smallest absolute Gasteiger partial charge is 0.324 e. The van der Waals surface area contributed by atoms with E-state index in [9.17, 15) is 10.00 Å². The summed E-state index contributed by atoms with van der Waals surface area (Å²) in [7, 11) is 0. The van der Waals surface area contributed by atoms with Crippen LogP contribution in [0.15, 0.2) is 0 Å². The van der Waals surface area contributed by atoms with E-state index in [4.69, 9.17) is 38.2 Å². The molecule has 2 heterocycles. The van der Waals surface area contributed by atoms with Gasteiger partial charge in [0.15, 0.2) is 0 Å². The van der Waals surface area contributed by atoms with Crippen molar-refractivity contribution in [3.05, 3.63) is 0 Å². The number of hydrogen-bond acceptors (Lipinski definition) is 7. The first kappa shape index (κ1) is 13.1. The van der Waals surface area contributed by atoms with Crippen LogP contribution in [0.1, 0.15) is 15.6 Å². The molecular weight excluding hydrogens is 295 g/mol. The van der Waals surface area contributed by atoms with Crippen molar-refractivity contribution in [2.75, 3.05) is 26.4 Å². The molecule has 0 saturated carbocycles. The number of hydrogen-bond donors (Lipinski definition) is 3. The van der Waals surface area contributed by atoms with Crippen molar-refractivity contribution in [3.8, 4) is 0 Å². The van der Waals surface area contributed by atoms with E-state index in [0.29, 0.717) is 0 Å². The second-order valence-corrected chi connectivity index (χ2v) is 7.10. The van der Waals surface area contributed by atoms with Crippen LogP contribution in [-0.4, -0.2) is 65.9 Å². The van der Waals surface area contributed by atoms with Gasteiger partial charge in [-0.2, -0.15) is 0 Å². The minimum Gasteiger partial charge on any atom is -0.394 e. The average Bonchev–Trinajstić information content (AvgIpc) is 2.88. The Labute approximate surface area is 119 Å². The fourth-order valence-electron chi connectivity index (χ4n) is 1.82. The van der Waals surface area contributed by atoms with Gasteiger partial charge < -0.3 is 33.6 Å². The van der Waals surface area contributed by atoms with Gasteiger partial charge in [-0.05, 0) is 18.2 Å². The molecule has 0 aromatic carbocycles. The fourth-order valence-corrected chi connectivity index (χ4v) is 3.30. The Kier molecular flexibility index (Phi) is 4.73. The molecule has 112 valence electrons. The molecule has 19 heavy (non-hydrogen) atoms. The second-order valence-electron chi connectivity index (χ2n) is 4.31. The van der Waals surface area contributed by atoms with Crippen LogP contribution >= 0.6 is 6.72 Å². The van der Waals surface area contributed by atoms with Crippen LogP contribution in [0, 0.1) is 0 Å². The van der Waals surface area contributed by atoms with Gasteiger partial charge in [0.2, 0.25) is 0 Å². The summed E-state index contributed by atoms with van der Waals surface area (Å²) in [4.78, 5) is 9.99. The molecule has 9 heteroatoms. The molecule has 0 bridgehead atoms. The van der Waals surface area contributed by atoms with Crippen LogP contribution < -0.4 is 0 Å². The third kappa shape index (κ3) is 4.42. The van der Waals surface area contributed by atoms with E-state index in [-0.39, 0.29) is 26.1 Å². The predicted octanol–water partition coefficient (Wildman–Crippen LogP) is -0.464. The summed E-state index contributed by atoms with van der Waals surface area (Å²) in [5.41, 5.74) is 0. The zero-order valence-electron chi connectivity index (χ0n) is 12.1. The van der Waals surface area contributed by atoms with Crippen molar-refractivity contribution < 1.29 is 36.4 Å². The van der Waals surface area contributed by atoms with Crippen molar-refractivity contribution in [2.45, 2.75) is 37.3 Å². The molecule has 2 aliphatic heterocycles. The zero-order chi connectivity index (χ0) is 15.6. The van der Waals surface area contributed by atoms with Crippen molar-refractivity contribution in [1.82, 2.24) is 0 Å². The summed E-state index contributed by atoms with van der Waals surface area (Å²) < 4.78 is 35.4. The summed E-state index contributed by atoms with van der Waals surface area (Å²) in [5, 5.41) is 18.7. The van der Waals surface area contributed by atoms with Crippen molar-refractivity contribution >= 4 is 18.5 Å². The number of ether oxygens (including phenoxy) is 2. The lowest BCUT2D eigenvalue weighted by molar-refractivity contribution is -0.0103. The second kappa shape index (κ2) is 6.89. The summed E-state index contributed by atoms with van der Waals surface area (Å²) in [6.07, 6.45) is -2.68. The summed E-state index contributed by atoms with van der Waals surface area (Å²) in [6, 6.07) is 0. The van der Waals surface area contributed by atoms with Crippen LogP contribution in [0.3, 0.4) is 0 Å². The molecule has 2 rings (SSSR count). The van der Waals surface area contributed by atoms with Gasteiger partial charge in [0.05, 0.1) is 28.2 Å². The Morgan fingerprint density at radius 3 is 2.63 bits per heavy atom. The normalized spacial score (nSPS) is 47.7. The van der Waals surface area contributed by atoms with E-state index in [1.54, 1.807) is 0 Å². The highest BCUT2D eigenvalue weighted by Crippen LogP contribution is 2.47. The van der Waals surface area contributed by atoms with Gasteiger partial charge in [-0.25, -0.2) is 0 Å². The highest BCUT2D eigenvalue weighted by atomic mass is 32.5. The van der Waals surface area contributed by atoms with Crippen molar-refractivity contribution in [3.63, 3.8) is 0 Å². The van der Waals surface area contributed by atoms with Gasteiger partial charge in [-0.3, -0.25) is 0 Å². The molecule has 0 spiro atoms. The summed E-state index contributed by atoms with van der Waals surface area (Å²) in [6.45, 7) is -5.81. The van der Waals surface area contributed by atoms with Gasteiger partial charge in [0, 0.05) is 19.6 Å². The third-order valence-corrected chi connectivity index (χ3v) is 4.49. The number of aliphatic hydroxyl groups is 2. The quantitative estimate of drug-likeness (QED) is 0.566. The van der Waals surface area contributed by atoms with Gasteiger partial charge in [0.1, 0.15) is 12.2 Å². The van der Waals surface area contributed by atoms with E-state index in [1.165, 1.54) is 0 Å². The molecule has 3 N–H and O–H groups in total. The standard InChI is InChI=1S/C10H19O7PS/c11-5-9-8(2-4-14-9)17-18(13,19)16-6-10-7(12)1-3-15-10/h7-12H,1-6H2,(H,13,19)/t7-,8-,9+,10+,18?/m0/s1/i3T,4T/t3-,4+,7+,8+,9-,10-,18?/m1. The molecule has 0 radical (unpaired) electrons. The molecule has 2 saturated heterocycles. The Bertz CT molecular complexity index is 404. The molecule has 2 fully saturated rings. The molecule has 0 aromatic rings. The van der Waals surface area contributed by atoms with E-state index in [0.717, 1.165) is 0 Å². The first-order valence-corrected chi connectivity index (χ1v) is 8.50. The van der Waals surface area contributed by atoms with Crippen LogP contribution in [0.4, 0.5) is 0 Å². The first-order chi connectivity index (χ1) is 9.80. The maximum absolute atomic E-state index is 9.99. The van der Waals surface area contributed by atoms with E-state index >= 15 is 0 Å². The molecule has 0 amide bonds. The Morgan fingerprint density at radius 1 is 1.32 bits per heavy atom. The Hall–Kier alpha value is 0.370. The topological polar surface area (TPSA) is 97.6 Å². The summed E-state index contributed by atoms with van der Waals surface area (Å²) in [5.74, 6) is 0. The lowest BCUT2D eigenvalue weighted by Gasteiger charge is -2.24. The molecule has 7 atom stereocenters. The molecule has 0 aromatic heterocycles. The van der Waals surface area contributed by atoms with E-state index < -0.39 is 44.3 Å². The number of aliphatic hydroxyl groups excluding tert-OH is 2. The van der Waals surface area contributed by atoms with Crippen LogP contribution in [0.2, 0.25) is 0 Å². The van der Waals surface area contributed by atoms with Crippen molar-refractivity contribution in [2.24, 2.45) is 0 Å². The van der Waals surface area contributed by atoms with E-state index in [1.807, 2.05) is 0 Å². The van der Waals surface area contributed by atoms with Crippen LogP contribution in [0.25, 0.3) is 0 Å². The number of rotatable bonds is 6. The third-order valence-electron chi connectivity index (χ3n) is 2.90. The SMILES string of the molecule is [3H][C@@H]1C[C@H](O)[C@@H](COP(O)(=S)O[C@H]2C[C@H]([3H])O[C@@H]2CO)O1. The van der Waals surface area contributed by atoms with Crippen LogP contribution in [-0.2, 0) is 30.3 Å². The highest BCUT2D eigenvalue weighted by Gasteiger charge is 2.35. The zero-order valence-corrected chi connectivity index (χ0v) is 11.8. The molecule has 1 unspecified atom stereocenters. The lowest BCUT2D eigenvalue weighted by atomic mass is 10.2. The largest absolute Gasteiger partial charge is 0.394 e. The van der Waals surface area contributed by atoms with Crippen molar-refractivity contribution in [1.29, 1.82) is 0 Å². The maximum Gasteiger partial charge on any atom is 0.324 e. The minimum atomic E-state index is -3.61. The van der Waals surface area contributed by atoms with Gasteiger partial charge in [0.25, 0.3) is 0 Å². The molecule has 2 aliphatic rings. The Morgan fingerprint density at radius 2 is 2.00 bits per heavy atom. The molecule has 0 aliphatic carbocycles. The van der Waals surface area contributed by atoms with Gasteiger partial charge in [-0.1, -0.05) is 0 Å².